The van der Waals surface area contributed by atoms with Gasteiger partial charge in [0, 0.05) is 5.56 Å². The SMILES string of the molecule is CCCCOc1ccc(PC(=O)c2c(C)cc(C(C)(C)C)cc2C)cc1. The zero-order valence-corrected chi connectivity index (χ0v) is 17.9. The van der Waals surface area contributed by atoms with Gasteiger partial charge in [0.2, 0.25) is 0 Å². The molecule has 1 unspecified atom stereocenters. The molecule has 0 bridgehead atoms. The van der Waals surface area contributed by atoms with E-state index in [9.17, 15) is 4.79 Å². The van der Waals surface area contributed by atoms with Gasteiger partial charge in [-0.2, -0.15) is 0 Å². The Morgan fingerprint density at radius 1 is 1.04 bits per heavy atom. The van der Waals surface area contributed by atoms with Gasteiger partial charge >= 0.3 is 0 Å². The van der Waals surface area contributed by atoms with Crippen LogP contribution in [0.1, 0.15) is 67.6 Å². The first-order valence-corrected chi connectivity index (χ1v) is 10.4. The van der Waals surface area contributed by atoms with Crippen molar-refractivity contribution in [1.29, 1.82) is 0 Å². The number of carbonyl (C=O) groups is 1. The van der Waals surface area contributed by atoms with Crippen LogP contribution in [-0.2, 0) is 5.41 Å². The molecule has 3 heteroatoms. The van der Waals surface area contributed by atoms with E-state index in [0.717, 1.165) is 47.2 Å². The van der Waals surface area contributed by atoms with E-state index in [2.05, 4.69) is 39.8 Å². The Balaban J connectivity index is 2.12. The molecule has 140 valence electrons. The number of ether oxygens (including phenoxy) is 1. The highest BCUT2D eigenvalue weighted by atomic mass is 31.1. The molecule has 0 aliphatic heterocycles. The van der Waals surface area contributed by atoms with E-state index < -0.39 is 0 Å². The first-order valence-electron chi connectivity index (χ1n) is 9.38. The average molecular weight is 370 g/mol. The van der Waals surface area contributed by atoms with Crippen LogP contribution in [0.2, 0.25) is 0 Å². The predicted octanol–water partition coefficient (Wildman–Crippen LogP) is 5.92. The molecule has 0 aliphatic carbocycles. The highest BCUT2D eigenvalue weighted by molar-refractivity contribution is 7.66. The van der Waals surface area contributed by atoms with Crippen LogP contribution in [0.15, 0.2) is 36.4 Å². The van der Waals surface area contributed by atoms with Gasteiger partial charge < -0.3 is 4.74 Å². The normalized spacial score (nSPS) is 11.9. The fourth-order valence-electron chi connectivity index (χ4n) is 2.92. The maximum atomic E-state index is 12.9. The third-order valence-corrected chi connectivity index (χ3v) is 5.60. The van der Waals surface area contributed by atoms with Gasteiger partial charge in [0.1, 0.15) is 5.75 Å². The Morgan fingerprint density at radius 2 is 1.62 bits per heavy atom. The van der Waals surface area contributed by atoms with Crippen molar-refractivity contribution in [2.24, 2.45) is 0 Å². The lowest BCUT2D eigenvalue weighted by Gasteiger charge is -2.22. The van der Waals surface area contributed by atoms with Gasteiger partial charge in [0.05, 0.1) is 6.61 Å². The molecule has 0 aromatic heterocycles. The molecule has 0 saturated heterocycles. The summed E-state index contributed by atoms with van der Waals surface area (Å²) >= 11 is 0. The molecule has 0 saturated carbocycles. The summed E-state index contributed by atoms with van der Waals surface area (Å²) in [5.74, 6) is 0.876. The van der Waals surface area contributed by atoms with Crippen LogP contribution in [0.4, 0.5) is 0 Å². The molecule has 26 heavy (non-hydrogen) atoms. The molecule has 2 rings (SSSR count). The Labute approximate surface area is 160 Å². The number of hydrogen-bond donors (Lipinski definition) is 0. The number of carbonyl (C=O) groups excluding carboxylic acids is 1. The van der Waals surface area contributed by atoms with E-state index in [0.29, 0.717) is 0 Å². The summed E-state index contributed by atoms with van der Waals surface area (Å²) in [6.45, 7) is 13.6. The molecule has 0 aliphatic rings. The molecule has 0 spiro atoms. The monoisotopic (exact) mass is 370 g/mol. The van der Waals surface area contributed by atoms with Crippen molar-refractivity contribution in [3.05, 3.63) is 58.7 Å². The highest BCUT2D eigenvalue weighted by Gasteiger charge is 2.19. The van der Waals surface area contributed by atoms with Gasteiger partial charge in [-0.15, -0.1) is 0 Å². The van der Waals surface area contributed by atoms with Gasteiger partial charge in [0.25, 0.3) is 0 Å². The minimum absolute atomic E-state index is 0.0903. The molecule has 2 aromatic carbocycles. The van der Waals surface area contributed by atoms with E-state index in [-0.39, 0.29) is 19.5 Å². The van der Waals surface area contributed by atoms with Crippen LogP contribution in [0.25, 0.3) is 0 Å². The summed E-state index contributed by atoms with van der Waals surface area (Å²) in [4.78, 5) is 12.9. The minimum atomic E-state index is 0.0903. The number of unbranched alkanes of at least 4 members (excludes halogenated alkanes) is 1. The molecular formula is C23H31O2P. The van der Waals surface area contributed by atoms with Crippen molar-refractivity contribution in [1.82, 2.24) is 0 Å². The average Bonchev–Trinajstić information content (AvgIpc) is 2.55. The smallest absolute Gasteiger partial charge is 0.186 e. The summed E-state index contributed by atoms with van der Waals surface area (Å²) in [7, 11) is 0.136. The van der Waals surface area contributed by atoms with E-state index in [4.69, 9.17) is 4.74 Å². The Hall–Kier alpha value is -1.66. The lowest BCUT2D eigenvalue weighted by molar-refractivity contribution is 0.108. The zero-order chi connectivity index (χ0) is 19.3. The summed E-state index contributed by atoms with van der Waals surface area (Å²) in [5.41, 5.74) is 4.60. The molecule has 1 atom stereocenters. The van der Waals surface area contributed by atoms with E-state index >= 15 is 0 Å². The third kappa shape index (κ3) is 5.42. The summed E-state index contributed by atoms with van der Waals surface area (Å²) in [6.07, 6.45) is 2.19. The van der Waals surface area contributed by atoms with Crippen LogP contribution in [0.3, 0.4) is 0 Å². The largest absolute Gasteiger partial charge is 0.494 e. The molecule has 0 N–H and O–H groups in total. The topological polar surface area (TPSA) is 26.3 Å². The second-order valence-electron chi connectivity index (χ2n) is 7.92. The molecule has 2 nitrogen and oxygen atoms in total. The number of aryl methyl sites for hydroxylation is 2. The van der Waals surface area contributed by atoms with Crippen LogP contribution < -0.4 is 10.0 Å². The molecule has 2 aromatic rings. The van der Waals surface area contributed by atoms with Gasteiger partial charge in [-0.1, -0.05) is 58.4 Å². The quantitative estimate of drug-likeness (QED) is 0.446. The maximum Gasteiger partial charge on any atom is 0.186 e. The van der Waals surface area contributed by atoms with Gasteiger partial charge in [-0.05, 0) is 68.4 Å². The molecule has 0 fully saturated rings. The summed E-state index contributed by atoms with van der Waals surface area (Å²) in [6, 6.07) is 12.3. The minimum Gasteiger partial charge on any atom is -0.494 e. The third-order valence-electron chi connectivity index (χ3n) is 4.50. The zero-order valence-electron chi connectivity index (χ0n) is 16.9. The predicted molar refractivity (Wildman–Crippen MR) is 114 cm³/mol. The Morgan fingerprint density at radius 3 is 2.12 bits per heavy atom. The van der Waals surface area contributed by atoms with Crippen LogP contribution in [0, 0.1) is 13.8 Å². The van der Waals surface area contributed by atoms with E-state index in [1.807, 2.05) is 38.1 Å². The molecule has 0 radical (unpaired) electrons. The van der Waals surface area contributed by atoms with Crippen molar-refractivity contribution in [2.75, 3.05) is 6.61 Å². The Kier molecular flexibility index (Phi) is 7.01. The van der Waals surface area contributed by atoms with Crippen molar-refractivity contribution in [3.63, 3.8) is 0 Å². The molecule has 0 amide bonds. The second kappa shape index (κ2) is 8.82. The van der Waals surface area contributed by atoms with Gasteiger partial charge in [0.15, 0.2) is 5.52 Å². The second-order valence-corrected chi connectivity index (χ2v) is 9.20. The lowest BCUT2D eigenvalue weighted by Crippen LogP contribution is -2.13. The van der Waals surface area contributed by atoms with Gasteiger partial charge in [-0.25, -0.2) is 0 Å². The Bertz CT molecular complexity index is 732. The van der Waals surface area contributed by atoms with Crippen molar-refractivity contribution < 1.29 is 9.53 Å². The summed E-state index contributed by atoms with van der Waals surface area (Å²) < 4.78 is 5.69. The standard InChI is InChI=1S/C23H31O2P/c1-7-8-13-25-19-9-11-20(12-10-19)26-22(24)21-16(2)14-18(15-17(21)3)23(4,5)6/h9-12,14-15,26H,7-8,13H2,1-6H3. The first kappa shape index (κ1) is 20.6. The number of rotatable bonds is 7. The molecule has 0 heterocycles. The molecular weight excluding hydrogens is 339 g/mol. The van der Waals surface area contributed by atoms with Gasteiger partial charge in [-0.3, -0.25) is 4.79 Å². The van der Waals surface area contributed by atoms with Crippen molar-refractivity contribution >= 4 is 19.4 Å². The van der Waals surface area contributed by atoms with Crippen LogP contribution in [-0.4, -0.2) is 12.1 Å². The van der Waals surface area contributed by atoms with Crippen molar-refractivity contribution in [2.45, 2.75) is 59.8 Å². The van der Waals surface area contributed by atoms with Crippen LogP contribution in [0.5, 0.6) is 5.75 Å². The van der Waals surface area contributed by atoms with Crippen molar-refractivity contribution in [3.8, 4) is 5.75 Å². The summed E-state index contributed by atoms with van der Waals surface area (Å²) in [5, 5.41) is 1.05. The fraction of sp³-hybridized carbons (Fsp3) is 0.435. The number of benzene rings is 2. The first-order chi connectivity index (χ1) is 12.2. The van der Waals surface area contributed by atoms with E-state index in [1.54, 1.807) is 0 Å². The fourth-order valence-corrected chi connectivity index (χ4v) is 4.03. The number of hydrogen-bond acceptors (Lipinski definition) is 2. The maximum absolute atomic E-state index is 12.9. The van der Waals surface area contributed by atoms with E-state index in [1.165, 1.54) is 5.56 Å². The highest BCUT2D eigenvalue weighted by Crippen LogP contribution is 2.30. The lowest BCUT2D eigenvalue weighted by atomic mass is 9.84. The van der Waals surface area contributed by atoms with Crippen LogP contribution >= 0.6 is 8.58 Å².